The summed E-state index contributed by atoms with van der Waals surface area (Å²) in [5.74, 6) is -1.45. The SMILES string of the molecule is C[C@@H]1CCC[C@H](n2ccc(-c3c(F)ccc(Cl)c3F)cc2=O)c2cc(ccn2)-c2ccc(Cc3ncccn3)cc2NC1=O. The molecule has 1 amide bonds. The fourth-order valence-electron chi connectivity index (χ4n) is 5.59. The number of nitrogens with zero attached hydrogens (tertiary/aromatic N) is 4. The highest BCUT2D eigenvalue weighted by Gasteiger charge is 2.23. The van der Waals surface area contributed by atoms with Gasteiger partial charge < -0.3 is 9.88 Å². The van der Waals surface area contributed by atoms with Gasteiger partial charge in [-0.3, -0.25) is 14.6 Å². The molecule has 2 aromatic carbocycles. The van der Waals surface area contributed by atoms with Gasteiger partial charge in [0.2, 0.25) is 5.91 Å². The Labute approximate surface area is 257 Å². The molecule has 0 aliphatic carbocycles. The van der Waals surface area contributed by atoms with E-state index in [4.69, 9.17) is 11.6 Å². The molecule has 10 heteroatoms. The van der Waals surface area contributed by atoms with Crippen LogP contribution in [-0.4, -0.2) is 25.4 Å². The Bertz CT molecular complexity index is 1910. The summed E-state index contributed by atoms with van der Waals surface area (Å²) in [6, 6.07) is 15.9. The summed E-state index contributed by atoms with van der Waals surface area (Å²) in [6.07, 6.45) is 8.85. The van der Waals surface area contributed by atoms with Crippen molar-refractivity contribution in [1.29, 1.82) is 0 Å². The minimum atomic E-state index is -0.922. The smallest absolute Gasteiger partial charge is 0.251 e. The number of rotatable bonds is 4. The van der Waals surface area contributed by atoms with Gasteiger partial charge in [-0.25, -0.2) is 18.7 Å². The van der Waals surface area contributed by atoms with E-state index in [1.165, 1.54) is 22.9 Å². The lowest BCUT2D eigenvalue weighted by Crippen LogP contribution is -2.26. The van der Waals surface area contributed by atoms with Gasteiger partial charge in [-0.05, 0) is 72.0 Å². The molecule has 0 radical (unpaired) electrons. The number of carbonyl (C=O) groups excluding carboxylic acids is 1. The standard InChI is InChI=1S/C34H28ClF2N5O2/c1-20-4-2-5-29(42-15-11-23(19-31(42)43)32-26(36)9-8-25(35)33(32)37)28-18-22(10-14-38-28)24-7-6-21(16-27(24)41-34(20)44)17-30-39-12-3-13-40-30/h3,6-16,18-20,29H,2,4-5,17H2,1H3,(H,41,44)/t20-,29+/m1/s1. The van der Waals surface area contributed by atoms with Crippen molar-refractivity contribution in [3.8, 4) is 22.3 Å². The van der Waals surface area contributed by atoms with Crippen LogP contribution in [0.15, 0.2) is 90.2 Å². The molecule has 5 aromatic rings. The van der Waals surface area contributed by atoms with Gasteiger partial charge in [0.25, 0.3) is 5.56 Å². The maximum atomic E-state index is 14.7. The van der Waals surface area contributed by atoms with Crippen molar-refractivity contribution in [3.63, 3.8) is 0 Å². The Balaban J connectivity index is 1.41. The summed E-state index contributed by atoms with van der Waals surface area (Å²) in [7, 11) is 0. The second kappa shape index (κ2) is 12.5. The lowest BCUT2D eigenvalue weighted by Gasteiger charge is -2.23. The molecule has 0 saturated heterocycles. The van der Waals surface area contributed by atoms with Crippen LogP contribution in [0, 0.1) is 17.6 Å². The van der Waals surface area contributed by atoms with Crippen LogP contribution in [0.2, 0.25) is 5.02 Å². The molecule has 6 rings (SSSR count). The maximum Gasteiger partial charge on any atom is 0.251 e. The zero-order valence-electron chi connectivity index (χ0n) is 23.8. The van der Waals surface area contributed by atoms with Crippen LogP contribution in [0.1, 0.15) is 49.3 Å². The minimum absolute atomic E-state index is 0.0922. The van der Waals surface area contributed by atoms with E-state index in [0.29, 0.717) is 42.9 Å². The summed E-state index contributed by atoms with van der Waals surface area (Å²) >= 11 is 5.89. The first-order valence-electron chi connectivity index (χ1n) is 14.3. The second-order valence-corrected chi connectivity index (χ2v) is 11.3. The third-order valence-electron chi connectivity index (χ3n) is 7.94. The molecule has 1 aliphatic heterocycles. The topological polar surface area (TPSA) is 89.8 Å². The highest BCUT2D eigenvalue weighted by atomic mass is 35.5. The van der Waals surface area contributed by atoms with E-state index in [9.17, 15) is 18.4 Å². The maximum absolute atomic E-state index is 14.7. The van der Waals surface area contributed by atoms with Crippen molar-refractivity contribution in [1.82, 2.24) is 19.5 Å². The van der Waals surface area contributed by atoms with Gasteiger partial charge in [0.1, 0.15) is 11.6 Å². The Kier molecular flexibility index (Phi) is 8.30. The quantitative estimate of drug-likeness (QED) is 0.216. The number of hydrogen-bond donors (Lipinski definition) is 1. The first-order chi connectivity index (χ1) is 21.3. The normalized spacial score (nSPS) is 16.8. The first kappa shape index (κ1) is 29.3. The summed E-state index contributed by atoms with van der Waals surface area (Å²) in [5, 5.41) is 2.89. The number of aromatic nitrogens is 4. The number of anilines is 1. The van der Waals surface area contributed by atoms with E-state index in [-0.39, 0.29) is 28.0 Å². The van der Waals surface area contributed by atoms with E-state index in [1.807, 2.05) is 37.3 Å². The molecule has 222 valence electrons. The average Bonchev–Trinajstić information content (AvgIpc) is 3.02. The number of hydrogen-bond acceptors (Lipinski definition) is 5. The van der Waals surface area contributed by atoms with Crippen LogP contribution in [-0.2, 0) is 11.2 Å². The van der Waals surface area contributed by atoms with Crippen LogP contribution < -0.4 is 10.9 Å². The monoisotopic (exact) mass is 611 g/mol. The third-order valence-corrected chi connectivity index (χ3v) is 8.23. The van der Waals surface area contributed by atoms with Crippen molar-refractivity contribution in [3.05, 3.63) is 130 Å². The Morgan fingerprint density at radius 1 is 0.932 bits per heavy atom. The van der Waals surface area contributed by atoms with Crippen LogP contribution in [0.5, 0.6) is 0 Å². The third kappa shape index (κ3) is 6.01. The molecule has 7 nitrogen and oxygen atoms in total. The molecule has 3 aromatic heterocycles. The first-order valence-corrected chi connectivity index (χ1v) is 14.7. The van der Waals surface area contributed by atoms with E-state index in [1.54, 1.807) is 24.7 Å². The number of amides is 1. The van der Waals surface area contributed by atoms with Gasteiger partial charge in [0.05, 0.1) is 22.3 Å². The van der Waals surface area contributed by atoms with Gasteiger partial charge in [0, 0.05) is 54.4 Å². The average molecular weight is 612 g/mol. The number of carbonyl (C=O) groups is 1. The molecule has 0 saturated carbocycles. The Hall–Kier alpha value is -4.76. The molecule has 2 atom stereocenters. The second-order valence-electron chi connectivity index (χ2n) is 10.9. The molecule has 4 heterocycles. The van der Waals surface area contributed by atoms with E-state index in [0.717, 1.165) is 28.8 Å². The minimum Gasteiger partial charge on any atom is -0.325 e. The number of benzene rings is 2. The number of nitrogens with one attached hydrogen (secondary N) is 1. The fraction of sp³-hybridized carbons (Fsp3) is 0.206. The molecule has 1 N–H and O–H groups in total. The summed E-state index contributed by atoms with van der Waals surface area (Å²) in [4.78, 5) is 40.0. The molecule has 1 aliphatic rings. The molecular formula is C34H28ClF2N5O2. The van der Waals surface area contributed by atoms with Crippen molar-refractivity contribution in [2.45, 2.75) is 38.6 Å². The van der Waals surface area contributed by atoms with Crippen LogP contribution >= 0.6 is 11.6 Å². The fourth-order valence-corrected chi connectivity index (χ4v) is 5.74. The molecule has 0 unspecified atom stereocenters. The number of halogens is 3. The number of pyridine rings is 2. The van der Waals surface area contributed by atoms with Crippen LogP contribution in [0.3, 0.4) is 0 Å². The predicted octanol–water partition coefficient (Wildman–Crippen LogP) is 7.24. The van der Waals surface area contributed by atoms with Gasteiger partial charge in [0.15, 0.2) is 5.82 Å². The highest BCUT2D eigenvalue weighted by Crippen LogP contribution is 2.35. The zero-order chi connectivity index (χ0) is 30.8. The molecule has 2 bridgehead atoms. The van der Waals surface area contributed by atoms with Crippen molar-refractivity contribution < 1.29 is 13.6 Å². The Morgan fingerprint density at radius 3 is 2.55 bits per heavy atom. The van der Waals surface area contributed by atoms with E-state index in [2.05, 4.69) is 20.3 Å². The molecular weight excluding hydrogens is 584 g/mol. The Morgan fingerprint density at radius 2 is 1.75 bits per heavy atom. The van der Waals surface area contributed by atoms with Crippen molar-refractivity contribution in [2.75, 3.05) is 5.32 Å². The van der Waals surface area contributed by atoms with Crippen molar-refractivity contribution in [2.24, 2.45) is 5.92 Å². The lowest BCUT2D eigenvalue weighted by molar-refractivity contribution is -0.119. The van der Waals surface area contributed by atoms with E-state index < -0.39 is 23.2 Å². The van der Waals surface area contributed by atoms with Gasteiger partial charge in [-0.2, -0.15) is 0 Å². The summed E-state index contributed by atoms with van der Waals surface area (Å²) < 4.78 is 30.8. The lowest BCUT2D eigenvalue weighted by atomic mass is 9.94. The molecule has 0 fully saturated rings. The zero-order valence-corrected chi connectivity index (χ0v) is 24.6. The van der Waals surface area contributed by atoms with Crippen molar-refractivity contribution >= 4 is 23.2 Å². The van der Waals surface area contributed by atoms with Gasteiger partial charge in [-0.15, -0.1) is 0 Å². The largest absolute Gasteiger partial charge is 0.325 e. The highest BCUT2D eigenvalue weighted by molar-refractivity contribution is 6.31. The molecule has 0 spiro atoms. The molecule has 44 heavy (non-hydrogen) atoms. The predicted molar refractivity (Wildman–Crippen MR) is 165 cm³/mol. The number of fused-ring (bicyclic) bond motifs is 4. The van der Waals surface area contributed by atoms with E-state index >= 15 is 0 Å². The van der Waals surface area contributed by atoms with Gasteiger partial charge in [-0.1, -0.05) is 37.1 Å². The van der Waals surface area contributed by atoms with Crippen LogP contribution in [0.25, 0.3) is 22.3 Å². The van der Waals surface area contributed by atoms with Gasteiger partial charge >= 0.3 is 0 Å². The van der Waals surface area contributed by atoms with Crippen LogP contribution in [0.4, 0.5) is 14.5 Å². The summed E-state index contributed by atoms with van der Waals surface area (Å²) in [6.45, 7) is 1.88. The summed E-state index contributed by atoms with van der Waals surface area (Å²) in [5.41, 5.74) is 3.19.